The number of amides is 1. The van der Waals surface area contributed by atoms with Crippen molar-refractivity contribution in [1.82, 2.24) is 10.2 Å². The van der Waals surface area contributed by atoms with E-state index in [4.69, 9.17) is 0 Å². The second-order valence-corrected chi connectivity index (χ2v) is 6.45. The van der Waals surface area contributed by atoms with Gasteiger partial charge < -0.3 is 10.2 Å². The summed E-state index contributed by atoms with van der Waals surface area (Å²) < 4.78 is 0. The Labute approximate surface area is 124 Å². The van der Waals surface area contributed by atoms with Crippen molar-refractivity contribution >= 4 is 29.7 Å². The Hall–Kier alpha value is -0.580. The number of halogens is 1. The summed E-state index contributed by atoms with van der Waals surface area (Å²) in [6.45, 7) is 6.19. The second kappa shape index (κ2) is 5.81. The van der Waals surface area contributed by atoms with Crippen LogP contribution in [0.2, 0.25) is 0 Å². The number of nitrogens with zero attached hydrogens (tertiary/aromatic N) is 1. The van der Waals surface area contributed by atoms with Crippen molar-refractivity contribution in [1.29, 1.82) is 0 Å². The largest absolute Gasteiger partial charge is 0.337 e. The van der Waals surface area contributed by atoms with Gasteiger partial charge in [-0.25, -0.2) is 0 Å². The Morgan fingerprint density at radius 1 is 1.53 bits per heavy atom. The number of hydrogen-bond acceptors (Lipinski definition) is 3. The van der Waals surface area contributed by atoms with E-state index in [1.54, 1.807) is 11.3 Å². The first-order valence-electron chi connectivity index (χ1n) is 6.80. The van der Waals surface area contributed by atoms with Gasteiger partial charge in [0.2, 0.25) is 0 Å². The third-order valence-corrected chi connectivity index (χ3v) is 5.32. The average Bonchev–Trinajstić information content (AvgIpc) is 3.11. The molecule has 2 fully saturated rings. The SMILES string of the molecule is CCc1ccsc1C(=O)N1CCC2(CCNC2)C1.Cl. The molecule has 1 aromatic heterocycles. The first-order valence-corrected chi connectivity index (χ1v) is 7.68. The second-order valence-electron chi connectivity index (χ2n) is 5.53. The fourth-order valence-electron chi connectivity index (χ4n) is 3.20. The number of aryl methyl sites for hydroxylation is 1. The molecule has 1 aromatic rings. The minimum absolute atomic E-state index is 0. The topological polar surface area (TPSA) is 32.3 Å². The van der Waals surface area contributed by atoms with E-state index in [1.807, 2.05) is 5.38 Å². The van der Waals surface area contributed by atoms with Crippen molar-refractivity contribution in [2.45, 2.75) is 26.2 Å². The molecule has 3 nitrogen and oxygen atoms in total. The average molecular weight is 301 g/mol. The molecule has 19 heavy (non-hydrogen) atoms. The van der Waals surface area contributed by atoms with Gasteiger partial charge in [-0.05, 0) is 42.8 Å². The van der Waals surface area contributed by atoms with Gasteiger partial charge in [-0.1, -0.05) is 6.92 Å². The molecule has 1 N–H and O–H groups in total. The highest BCUT2D eigenvalue weighted by molar-refractivity contribution is 7.12. The van der Waals surface area contributed by atoms with Crippen molar-refractivity contribution < 1.29 is 4.79 Å². The van der Waals surface area contributed by atoms with Crippen LogP contribution in [-0.4, -0.2) is 37.0 Å². The van der Waals surface area contributed by atoms with Gasteiger partial charge >= 0.3 is 0 Å². The van der Waals surface area contributed by atoms with Gasteiger partial charge in [-0.2, -0.15) is 0 Å². The van der Waals surface area contributed by atoms with Gasteiger partial charge in [-0.3, -0.25) is 4.79 Å². The first kappa shape index (κ1) is 14.8. The molecule has 0 radical (unpaired) electrons. The first-order chi connectivity index (χ1) is 8.74. The van der Waals surface area contributed by atoms with Gasteiger partial charge in [0.15, 0.2) is 0 Å². The van der Waals surface area contributed by atoms with E-state index in [0.29, 0.717) is 5.41 Å². The maximum absolute atomic E-state index is 12.5. The van der Waals surface area contributed by atoms with Crippen LogP contribution in [0.15, 0.2) is 11.4 Å². The highest BCUT2D eigenvalue weighted by Gasteiger charge is 2.42. The number of hydrogen-bond donors (Lipinski definition) is 1. The van der Waals surface area contributed by atoms with Crippen LogP contribution in [-0.2, 0) is 6.42 Å². The Kier molecular flexibility index (Phi) is 4.54. The van der Waals surface area contributed by atoms with E-state index in [-0.39, 0.29) is 18.3 Å². The van der Waals surface area contributed by atoms with Gasteiger partial charge in [0.25, 0.3) is 5.91 Å². The summed E-state index contributed by atoms with van der Waals surface area (Å²) in [4.78, 5) is 15.6. The van der Waals surface area contributed by atoms with Crippen LogP contribution in [0.1, 0.15) is 35.0 Å². The standard InChI is InChI=1S/C14H20N2OS.ClH/c1-2-11-3-8-18-12(11)13(17)16-7-5-14(10-16)4-6-15-9-14;/h3,8,15H,2,4-7,9-10H2,1H3;1H. The number of thiophene rings is 1. The summed E-state index contributed by atoms with van der Waals surface area (Å²) in [5, 5.41) is 5.47. The lowest BCUT2D eigenvalue weighted by Crippen LogP contribution is -2.33. The lowest BCUT2D eigenvalue weighted by Gasteiger charge is -2.22. The monoisotopic (exact) mass is 300 g/mol. The third-order valence-electron chi connectivity index (χ3n) is 4.38. The molecule has 5 heteroatoms. The van der Waals surface area contributed by atoms with Gasteiger partial charge in [0.05, 0.1) is 4.88 Å². The van der Waals surface area contributed by atoms with E-state index in [9.17, 15) is 4.79 Å². The summed E-state index contributed by atoms with van der Waals surface area (Å²) in [7, 11) is 0. The predicted molar refractivity (Wildman–Crippen MR) is 81.4 cm³/mol. The zero-order valence-electron chi connectivity index (χ0n) is 11.3. The fraction of sp³-hybridized carbons (Fsp3) is 0.643. The van der Waals surface area contributed by atoms with Gasteiger partial charge in [0, 0.05) is 25.0 Å². The lowest BCUT2D eigenvalue weighted by atomic mass is 9.87. The van der Waals surface area contributed by atoms with Crippen LogP contribution < -0.4 is 5.32 Å². The van der Waals surface area contributed by atoms with Crippen LogP contribution in [0.25, 0.3) is 0 Å². The zero-order chi connectivity index (χ0) is 12.6. The number of carbonyl (C=O) groups excluding carboxylic acids is 1. The molecule has 0 saturated carbocycles. The van der Waals surface area contributed by atoms with Gasteiger partial charge in [-0.15, -0.1) is 23.7 Å². The zero-order valence-corrected chi connectivity index (χ0v) is 12.9. The molecule has 1 atom stereocenters. The summed E-state index contributed by atoms with van der Waals surface area (Å²) in [6, 6.07) is 2.08. The molecule has 0 bridgehead atoms. The minimum atomic E-state index is 0. The molecule has 2 aliphatic heterocycles. The predicted octanol–water partition coefficient (Wildman–Crippen LogP) is 2.56. The van der Waals surface area contributed by atoms with Crippen molar-refractivity contribution in [3.63, 3.8) is 0 Å². The van der Waals surface area contributed by atoms with E-state index in [1.165, 1.54) is 18.4 Å². The summed E-state index contributed by atoms with van der Waals surface area (Å²) in [5.41, 5.74) is 1.58. The molecule has 1 unspecified atom stereocenters. The highest BCUT2D eigenvalue weighted by atomic mass is 35.5. The summed E-state index contributed by atoms with van der Waals surface area (Å²) in [6.07, 6.45) is 3.34. The van der Waals surface area contributed by atoms with E-state index in [0.717, 1.165) is 37.5 Å². The Balaban J connectivity index is 0.00000133. The Morgan fingerprint density at radius 2 is 2.37 bits per heavy atom. The maximum Gasteiger partial charge on any atom is 0.264 e. The number of nitrogens with one attached hydrogen (secondary N) is 1. The molecule has 3 rings (SSSR count). The minimum Gasteiger partial charge on any atom is -0.337 e. The van der Waals surface area contributed by atoms with Crippen molar-refractivity contribution in [3.8, 4) is 0 Å². The van der Waals surface area contributed by atoms with Gasteiger partial charge in [0.1, 0.15) is 0 Å². The van der Waals surface area contributed by atoms with Crippen LogP contribution in [0.3, 0.4) is 0 Å². The fourth-order valence-corrected chi connectivity index (χ4v) is 4.16. The van der Waals surface area contributed by atoms with E-state index < -0.39 is 0 Å². The molecule has 106 valence electrons. The van der Waals surface area contributed by atoms with E-state index >= 15 is 0 Å². The Bertz CT molecular complexity index is 454. The van der Waals surface area contributed by atoms with Crippen LogP contribution >= 0.6 is 23.7 Å². The summed E-state index contributed by atoms with van der Waals surface area (Å²) >= 11 is 1.59. The molecular formula is C14H21ClN2OS. The third kappa shape index (κ3) is 2.67. The van der Waals surface area contributed by atoms with Crippen LogP contribution in [0.4, 0.5) is 0 Å². The molecule has 2 aliphatic rings. The summed E-state index contributed by atoms with van der Waals surface area (Å²) in [5.74, 6) is 0.255. The lowest BCUT2D eigenvalue weighted by molar-refractivity contribution is 0.0779. The number of carbonyl (C=O) groups is 1. The molecular weight excluding hydrogens is 280 g/mol. The molecule has 3 heterocycles. The van der Waals surface area contributed by atoms with Crippen LogP contribution in [0.5, 0.6) is 0 Å². The van der Waals surface area contributed by atoms with Crippen molar-refractivity contribution in [2.75, 3.05) is 26.2 Å². The maximum atomic E-state index is 12.5. The van der Waals surface area contributed by atoms with Crippen molar-refractivity contribution in [2.24, 2.45) is 5.41 Å². The number of likely N-dealkylation sites (tertiary alicyclic amines) is 1. The quantitative estimate of drug-likeness (QED) is 0.910. The number of rotatable bonds is 2. The normalized spacial score (nSPS) is 25.8. The van der Waals surface area contributed by atoms with E-state index in [2.05, 4.69) is 23.2 Å². The molecule has 1 spiro atoms. The molecule has 2 saturated heterocycles. The molecule has 1 amide bonds. The van der Waals surface area contributed by atoms with Crippen molar-refractivity contribution in [3.05, 3.63) is 21.9 Å². The highest BCUT2D eigenvalue weighted by Crippen LogP contribution is 2.37. The van der Waals surface area contributed by atoms with Crippen LogP contribution in [0, 0.1) is 5.41 Å². The molecule has 0 aromatic carbocycles. The Morgan fingerprint density at radius 3 is 3.05 bits per heavy atom. The smallest absolute Gasteiger partial charge is 0.264 e. The molecule has 0 aliphatic carbocycles.